The molecule has 6 heteroatoms. The molecule has 0 atom stereocenters. The van der Waals surface area contributed by atoms with E-state index in [1.54, 1.807) is 13.1 Å². The molecule has 2 aromatic rings. The molecule has 0 unspecified atom stereocenters. The zero-order valence-corrected chi connectivity index (χ0v) is 17.1. The van der Waals surface area contributed by atoms with E-state index >= 15 is 0 Å². The number of aryl methyl sites for hydroxylation is 2. The SMILES string of the molecule is CNC(=O)c1cccc(CCN=C(N)Nc2cc(C)cc(C)c2)c1.I. The second-order valence-corrected chi connectivity index (χ2v) is 5.80. The van der Waals surface area contributed by atoms with Gasteiger partial charge >= 0.3 is 0 Å². The molecular formula is C19H25IN4O. The van der Waals surface area contributed by atoms with Gasteiger partial charge in [0.15, 0.2) is 5.96 Å². The van der Waals surface area contributed by atoms with Gasteiger partial charge in [0.05, 0.1) is 0 Å². The first-order valence-electron chi connectivity index (χ1n) is 7.94. The van der Waals surface area contributed by atoms with Crippen LogP contribution >= 0.6 is 24.0 Å². The Kier molecular flexibility index (Phi) is 8.40. The topological polar surface area (TPSA) is 79.5 Å². The Morgan fingerprint density at radius 3 is 2.44 bits per heavy atom. The summed E-state index contributed by atoms with van der Waals surface area (Å²) in [6, 6.07) is 13.7. The lowest BCUT2D eigenvalue weighted by Crippen LogP contribution is -2.23. The van der Waals surface area contributed by atoms with Gasteiger partial charge in [-0.05, 0) is 61.2 Å². The number of amides is 1. The Morgan fingerprint density at radius 2 is 1.80 bits per heavy atom. The second-order valence-electron chi connectivity index (χ2n) is 5.80. The van der Waals surface area contributed by atoms with Crippen LogP contribution in [0.2, 0.25) is 0 Å². The van der Waals surface area contributed by atoms with Crippen molar-refractivity contribution in [2.75, 3.05) is 18.9 Å². The van der Waals surface area contributed by atoms with Crippen molar-refractivity contribution in [1.82, 2.24) is 5.32 Å². The molecule has 0 fully saturated rings. The summed E-state index contributed by atoms with van der Waals surface area (Å²) in [5.41, 5.74) is 10.9. The average molecular weight is 452 g/mol. The van der Waals surface area contributed by atoms with Crippen molar-refractivity contribution in [3.8, 4) is 0 Å². The lowest BCUT2D eigenvalue weighted by atomic mass is 10.1. The monoisotopic (exact) mass is 452 g/mol. The fourth-order valence-electron chi connectivity index (χ4n) is 2.55. The Labute approximate surface area is 166 Å². The van der Waals surface area contributed by atoms with E-state index in [1.807, 2.05) is 44.2 Å². The van der Waals surface area contributed by atoms with Crippen molar-refractivity contribution in [2.45, 2.75) is 20.3 Å². The van der Waals surface area contributed by atoms with Crippen LogP contribution in [0.3, 0.4) is 0 Å². The van der Waals surface area contributed by atoms with Crippen LogP contribution in [0.4, 0.5) is 5.69 Å². The van der Waals surface area contributed by atoms with E-state index in [0.717, 1.165) is 17.7 Å². The molecule has 0 aliphatic carbocycles. The maximum atomic E-state index is 11.6. The third kappa shape index (κ3) is 6.74. The van der Waals surface area contributed by atoms with Crippen molar-refractivity contribution in [3.63, 3.8) is 0 Å². The van der Waals surface area contributed by atoms with Gasteiger partial charge in [0.2, 0.25) is 0 Å². The van der Waals surface area contributed by atoms with Crippen LogP contribution in [0.25, 0.3) is 0 Å². The van der Waals surface area contributed by atoms with Gasteiger partial charge in [-0.2, -0.15) is 0 Å². The summed E-state index contributed by atoms with van der Waals surface area (Å²) < 4.78 is 0. The Balaban J connectivity index is 0.00000312. The third-order valence-corrected chi connectivity index (χ3v) is 3.59. The molecule has 2 rings (SSSR count). The highest BCUT2D eigenvalue weighted by Crippen LogP contribution is 2.13. The number of nitrogens with two attached hydrogens (primary N) is 1. The highest BCUT2D eigenvalue weighted by molar-refractivity contribution is 14.0. The van der Waals surface area contributed by atoms with Crippen LogP contribution in [-0.2, 0) is 6.42 Å². The standard InChI is InChI=1S/C19H24N4O.HI/c1-13-9-14(2)11-17(10-13)23-19(20)22-8-7-15-5-4-6-16(12-15)18(24)21-3;/h4-6,9-12H,7-8H2,1-3H3,(H,21,24)(H3,20,22,23);1H. The Hall–Kier alpha value is -2.09. The van der Waals surface area contributed by atoms with E-state index in [1.165, 1.54) is 11.1 Å². The number of nitrogens with one attached hydrogen (secondary N) is 2. The first-order chi connectivity index (χ1) is 11.5. The molecule has 0 aliphatic heterocycles. The molecule has 0 radical (unpaired) electrons. The van der Waals surface area contributed by atoms with Gasteiger partial charge in [-0.25, -0.2) is 0 Å². The number of halogens is 1. The molecule has 1 amide bonds. The number of benzene rings is 2. The van der Waals surface area contributed by atoms with Crippen LogP contribution in [0.15, 0.2) is 47.5 Å². The van der Waals surface area contributed by atoms with Gasteiger partial charge in [-0.3, -0.25) is 9.79 Å². The molecular weight excluding hydrogens is 427 g/mol. The molecule has 134 valence electrons. The highest BCUT2D eigenvalue weighted by Gasteiger charge is 2.03. The Morgan fingerprint density at radius 1 is 1.12 bits per heavy atom. The molecule has 4 N–H and O–H groups in total. The molecule has 0 aliphatic rings. The largest absolute Gasteiger partial charge is 0.370 e. The van der Waals surface area contributed by atoms with Gasteiger partial charge < -0.3 is 16.4 Å². The van der Waals surface area contributed by atoms with Crippen molar-refractivity contribution in [1.29, 1.82) is 0 Å². The minimum absolute atomic E-state index is 0. The molecule has 0 aromatic heterocycles. The van der Waals surface area contributed by atoms with Crippen molar-refractivity contribution < 1.29 is 4.79 Å². The van der Waals surface area contributed by atoms with Crippen LogP contribution in [0, 0.1) is 13.8 Å². The molecule has 0 saturated heterocycles. The van der Waals surface area contributed by atoms with E-state index in [2.05, 4.69) is 21.7 Å². The lowest BCUT2D eigenvalue weighted by Gasteiger charge is -2.08. The molecule has 2 aromatic carbocycles. The number of carbonyl (C=O) groups is 1. The Bertz CT molecular complexity index is 739. The minimum atomic E-state index is -0.0867. The number of aliphatic imine (C=N–C) groups is 1. The van der Waals surface area contributed by atoms with Crippen molar-refractivity contribution in [2.24, 2.45) is 10.7 Å². The second kappa shape index (κ2) is 10.0. The normalized spacial score (nSPS) is 10.8. The van der Waals surface area contributed by atoms with Crippen LogP contribution in [-0.4, -0.2) is 25.5 Å². The minimum Gasteiger partial charge on any atom is -0.370 e. The fourth-order valence-corrected chi connectivity index (χ4v) is 2.55. The number of guanidine groups is 1. The molecule has 25 heavy (non-hydrogen) atoms. The lowest BCUT2D eigenvalue weighted by molar-refractivity contribution is 0.0963. The zero-order valence-electron chi connectivity index (χ0n) is 14.8. The first-order valence-corrected chi connectivity index (χ1v) is 7.94. The van der Waals surface area contributed by atoms with Crippen molar-refractivity contribution >= 4 is 41.5 Å². The highest BCUT2D eigenvalue weighted by atomic mass is 127. The van der Waals surface area contributed by atoms with Gasteiger partial charge in [0.25, 0.3) is 5.91 Å². The van der Waals surface area contributed by atoms with E-state index in [0.29, 0.717) is 18.1 Å². The average Bonchev–Trinajstić information content (AvgIpc) is 2.53. The molecule has 0 spiro atoms. The van der Waals surface area contributed by atoms with Crippen LogP contribution < -0.4 is 16.4 Å². The van der Waals surface area contributed by atoms with Crippen molar-refractivity contribution in [3.05, 3.63) is 64.7 Å². The predicted octanol–water partition coefficient (Wildman–Crippen LogP) is 3.25. The van der Waals surface area contributed by atoms with Crippen LogP contribution in [0.1, 0.15) is 27.0 Å². The third-order valence-electron chi connectivity index (χ3n) is 3.59. The van der Waals surface area contributed by atoms with E-state index in [9.17, 15) is 4.79 Å². The summed E-state index contributed by atoms with van der Waals surface area (Å²) in [5, 5.41) is 5.73. The number of hydrogen-bond acceptors (Lipinski definition) is 2. The summed E-state index contributed by atoms with van der Waals surface area (Å²) in [7, 11) is 1.62. The predicted molar refractivity (Wildman–Crippen MR) is 115 cm³/mol. The number of carbonyl (C=O) groups excluding carboxylic acids is 1. The summed E-state index contributed by atoms with van der Waals surface area (Å²) in [6.07, 6.45) is 0.722. The molecule has 0 saturated carbocycles. The van der Waals surface area contributed by atoms with Gasteiger partial charge in [0.1, 0.15) is 0 Å². The number of nitrogens with zero attached hydrogens (tertiary/aromatic N) is 1. The van der Waals surface area contributed by atoms with E-state index in [-0.39, 0.29) is 29.9 Å². The van der Waals surface area contributed by atoms with Gasteiger partial charge in [0, 0.05) is 24.8 Å². The number of anilines is 1. The summed E-state index contributed by atoms with van der Waals surface area (Å²) in [4.78, 5) is 16.0. The molecule has 0 bridgehead atoms. The zero-order chi connectivity index (χ0) is 17.5. The van der Waals surface area contributed by atoms with E-state index in [4.69, 9.17) is 5.73 Å². The number of rotatable bonds is 5. The molecule has 0 heterocycles. The fraction of sp³-hybridized carbons (Fsp3) is 0.263. The number of hydrogen-bond donors (Lipinski definition) is 3. The van der Waals surface area contributed by atoms with Gasteiger partial charge in [-0.1, -0.05) is 18.2 Å². The maximum Gasteiger partial charge on any atom is 0.251 e. The smallest absolute Gasteiger partial charge is 0.251 e. The summed E-state index contributed by atoms with van der Waals surface area (Å²) >= 11 is 0. The van der Waals surface area contributed by atoms with Crippen LogP contribution in [0.5, 0.6) is 0 Å². The maximum absolute atomic E-state index is 11.6. The van der Waals surface area contributed by atoms with Gasteiger partial charge in [-0.15, -0.1) is 24.0 Å². The summed E-state index contributed by atoms with van der Waals surface area (Å²) in [6.45, 7) is 4.65. The first kappa shape index (κ1) is 21.0. The summed E-state index contributed by atoms with van der Waals surface area (Å²) in [5.74, 6) is 0.304. The molecule has 5 nitrogen and oxygen atoms in total. The van der Waals surface area contributed by atoms with E-state index < -0.39 is 0 Å². The quantitative estimate of drug-likeness (QED) is 0.370.